The topological polar surface area (TPSA) is 80.9 Å². The van der Waals surface area contributed by atoms with Crippen LogP contribution in [0.15, 0.2) is 24.3 Å². The number of anilines is 2. The molecule has 1 aromatic carbocycles. The third-order valence-corrected chi connectivity index (χ3v) is 3.46. The maximum Gasteiger partial charge on any atom is 0.231 e. The molecule has 0 fully saturated rings. The Labute approximate surface area is 134 Å². The average Bonchev–Trinajstić information content (AvgIpc) is 2.48. The van der Waals surface area contributed by atoms with Crippen LogP contribution in [-0.2, 0) is 11.2 Å². The van der Waals surface area contributed by atoms with E-state index in [1.807, 2.05) is 26.0 Å². The number of hydrogen-bond acceptors (Lipinski definition) is 4. The van der Waals surface area contributed by atoms with Gasteiger partial charge in [-0.2, -0.15) is 4.98 Å². The molecule has 0 spiro atoms. The minimum Gasteiger partial charge on any atom is -0.383 e. The number of nitrogens with one attached hydrogen (secondary N) is 1. The van der Waals surface area contributed by atoms with E-state index in [0.29, 0.717) is 23.7 Å². The van der Waals surface area contributed by atoms with Gasteiger partial charge < -0.3 is 5.73 Å². The van der Waals surface area contributed by atoms with Gasteiger partial charge in [-0.15, -0.1) is 0 Å². The monoisotopic (exact) mass is 318 g/mol. The first kappa shape index (κ1) is 16.2. The van der Waals surface area contributed by atoms with E-state index in [-0.39, 0.29) is 11.9 Å². The molecular weight excluding hydrogens is 300 g/mol. The molecule has 1 heterocycles. The third kappa shape index (κ3) is 3.74. The number of benzene rings is 1. The molecule has 3 N–H and O–H groups in total. The summed E-state index contributed by atoms with van der Waals surface area (Å²) in [6.45, 7) is 3.93. The van der Waals surface area contributed by atoms with Crippen LogP contribution in [0.3, 0.4) is 0 Å². The molecule has 0 saturated carbocycles. The van der Waals surface area contributed by atoms with Crippen LogP contribution in [-0.4, -0.2) is 15.9 Å². The smallest absolute Gasteiger partial charge is 0.231 e. The molecule has 1 amide bonds. The summed E-state index contributed by atoms with van der Waals surface area (Å²) >= 11 is 5.91. The van der Waals surface area contributed by atoms with Crippen molar-refractivity contribution < 1.29 is 4.79 Å². The highest BCUT2D eigenvalue weighted by molar-refractivity contribution is 6.30. The van der Waals surface area contributed by atoms with E-state index in [2.05, 4.69) is 15.3 Å². The molecule has 0 aliphatic heterocycles. The minimum atomic E-state index is -0.108. The molecule has 0 unspecified atom stereocenters. The lowest BCUT2D eigenvalue weighted by atomic mass is 10.0. The predicted octanol–water partition coefficient (Wildman–Crippen LogP) is 3.68. The van der Waals surface area contributed by atoms with E-state index < -0.39 is 0 Å². The number of carbonyl (C=O) groups is 1. The Kier molecular flexibility index (Phi) is 5.33. The number of amides is 1. The van der Waals surface area contributed by atoms with Gasteiger partial charge in [0.05, 0.1) is 5.69 Å². The van der Waals surface area contributed by atoms with Gasteiger partial charge in [-0.1, -0.05) is 37.6 Å². The van der Waals surface area contributed by atoms with Crippen LogP contribution in [0, 0.1) is 0 Å². The van der Waals surface area contributed by atoms with E-state index in [4.69, 9.17) is 17.3 Å². The number of aromatic nitrogens is 2. The predicted molar refractivity (Wildman–Crippen MR) is 89.8 cm³/mol. The van der Waals surface area contributed by atoms with Gasteiger partial charge in [0.15, 0.2) is 0 Å². The summed E-state index contributed by atoms with van der Waals surface area (Å²) < 4.78 is 0. The average molecular weight is 319 g/mol. The Morgan fingerprint density at radius 2 is 1.91 bits per heavy atom. The van der Waals surface area contributed by atoms with Crippen LogP contribution < -0.4 is 11.1 Å². The molecular formula is C16H19ClN4O. The fourth-order valence-corrected chi connectivity index (χ4v) is 2.31. The second kappa shape index (κ2) is 7.22. The van der Waals surface area contributed by atoms with Crippen molar-refractivity contribution in [2.75, 3.05) is 11.1 Å². The molecule has 2 aromatic rings. The summed E-state index contributed by atoms with van der Waals surface area (Å²) in [4.78, 5) is 20.3. The molecule has 1 aromatic heterocycles. The second-order valence-corrected chi connectivity index (χ2v) is 5.35. The number of halogens is 1. The number of hydrogen-bond donors (Lipinski definition) is 2. The molecule has 0 radical (unpaired) electrons. The lowest BCUT2D eigenvalue weighted by Crippen LogP contribution is -2.15. The molecule has 0 bridgehead atoms. The number of nitrogens with zero attached hydrogens (tertiary/aromatic N) is 2. The summed E-state index contributed by atoms with van der Waals surface area (Å²) in [7, 11) is 0. The van der Waals surface area contributed by atoms with Crippen LogP contribution in [0.1, 0.15) is 32.4 Å². The lowest BCUT2D eigenvalue weighted by molar-refractivity contribution is -0.116. The van der Waals surface area contributed by atoms with Gasteiger partial charge in [-0.25, -0.2) is 4.98 Å². The van der Waals surface area contributed by atoms with Gasteiger partial charge >= 0.3 is 0 Å². The zero-order valence-electron chi connectivity index (χ0n) is 12.7. The summed E-state index contributed by atoms with van der Waals surface area (Å²) in [5, 5.41) is 3.34. The van der Waals surface area contributed by atoms with Gasteiger partial charge in [0.2, 0.25) is 11.9 Å². The number of carbonyl (C=O) groups excluding carboxylic acids is 1. The Morgan fingerprint density at radius 3 is 2.50 bits per heavy atom. The van der Waals surface area contributed by atoms with E-state index in [1.165, 1.54) is 0 Å². The first-order valence-corrected chi connectivity index (χ1v) is 7.65. The Bertz CT molecular complexity index is 671. The summed E-state index contributed by atoms with van der Waals surface area (Å²) in [5.41, 5.74) is 8.57. The van der Waals surface area contributed by atoms with Crippen LogP contribution in [0.25, 0.3) is 11.1 Å². The first-order valence-electron chi connectivity index (χ1n) is 7.27. The van der Waals surface area contributed by atoms with Crippen molar-refractivity contribution in [3.63, 3.8) is 0 Å². The zero-order chi connectivity index (χ0) is 16.1. The van der Waals surface area contributed by atoms with Crippen molar-refractivity contribution >= 4 is 29.3 Å². The van der Waals surface area contributed by atoms with Crippen LogP contribution in [0.4, 0.5) is 11.8 Å². The Balaban J connectivity index is 2.39. The van der Waals surface area contributed by atoms with Crippen LogP contribution in [0.2, 0.25) is 5.02 Å². The lowest BCUT2D eigenvalue weighted by Gasteiger charge is -2.12. The van der Waals surface area contributed by atoms with Gasteiger partial charge in [-0.05, 0) is 30.5 Å². The fourth-order valence-electron chi connectivity index (χ4n) is 2.18. The largest absolute Gasteiger partial charge is 0.383 e. The highest BCUT2D eigenvalue weighted by Crippen LogP contribution is 2.30. The Hall–Kier alpha value is -2.14. The van der Waals surface area contributed by atoms with Crippen molar-refractivity contribution in [3.8, 4) is 11.1 Å². The van der Waals surface area contributed by atoms with Crippen LogP contribution in [0.5, 0.6) is 0 Å². The fraction of sp³-hybridized carbons (Fsp3) is 0.312. The Morgan fingerprint density at radius 1 is 1.23 bits per heavy atom. The molecule has 2 rings (SSSR count). The zero-order valence-corrected chi connectivity index (χ0v) is 13.4. The summed E-state index contributed by atoms with van der Waals surface area (Å²) in [6.07, 6.45) is 1.88. The van der Waals surface area contributed by atoms with E-state index >= 15 is 0 Å². The van der Waals surface area contributed by atoms with Gasteiger partial charge in [0.25, 0.3) is 0 Å². The van der Waals surface area contributed by atoms with Crippen molar-refractivity contribution in [1.29, 1.82) is 0 Å². The maximum atomic E-state index is 11.7. The molecule has 0 aliphatic carbocycles. The molecule has 22 heavy (non-hydrogen) atoms. The SMILES string of the molecule is CCCC(=O)Nc1nc(N)c(-c2ccc(Cl)cc2)c(CC)n1. The molecule has 5 nitrogen and oxygen atoms in total. The van der Waals surface area contributed by atoms with E-state index in [0.717, 1.165) is 23.2 Å². The number of aryl methyl sites for hydroxylation is 1. The minimum absolute atomic E-state index is 0.108. The first-order chi connectivity index (χ1) is 10.5. The standard InChI is InChI=1S/C16H19ClN4O/c1-3-5-13(22)20-16-19-12(4-2)14(15(18)21-16)10-6-8-11(17)9-7-10/h6-9H,3-5H2,1-2H3,(H3,18,19,20,21,22). The van der Waals surface area contributed by atoms with Crippen molar-refractivity contribution in [3.05, 3.63) is 35.0 Å². The molecule has 6 heteroatoms. The summed E-state index contributed by atoms with van der Waals surface area (Å²) in [5.74, 6) is 0.495. The molecule has 0 aliphatic rings. The molecule has 0 atom stereocenters. The number of nitrogen functional groups attached to an aromatic ring is 1. The molecule has 116 valence electrons. The third-order valence-electron chi connectivity index (χ3n) is 3.21. The highest BCUT2D eigenvalue weighted by atomic mass is 35.5. The maximum absolute atomic E-state index is 11.7. The normalized spacial score (nSPS) is 10.5. The summed E-state index contributed by atoms with van der Waals surface area (Å²) in [6, 6.07) is 7.36. The molecule has 0 saturated heterocycles. The number of nitrogens with two attached hydrogens (primary N) is 1. The van der Waals surface area contributed by atoms with Crippen molar-refractivity contribution in [1.82, 2.24) is 9.97 Å². The van der Waals surface area contributed by atoms with Gasteiger partial charge in [0.1, 0.15) is 5.82 Å². The van der Waals surface area contributed by atoms with Gasteiger partial charge in [0, 0.05) is 17.0 Å². The highest BCUT2D eigenvalue weighted by Gasteiger charge is 2.14. The van der Waals surface area contributed by atoms with Gasteiger partial charge in [-0.3, -0.25) is 10.1 Å². The van der Waals surface area contributed by atoms with E-state index in [1.54, 1.807) is 12.1 Å². The van der Waals surface area contributed by atoms with E-state index in [9.17, 15) is 4.79 Å². The second-order valence-electron chi connectivity index (χ2n) is 4.91. The van der Waals surface area contributed by atoms with Crippen molar-refractivity contribution in [2.45, 2.75) is 33.1 Å². The quantitative estimate of drug-likeness (QED) is 0.881. The number of rotatable bonds is 5. The van der Waals surface area contributed by atoms with Crippen LogP contribution >= 0.6 is 11.6 Å². The van der Waals surface area contributed by atoms with Crippen molar-refractivity contribution in [2.24, 2.45) is 0 Å².